The van der Waals surface area contributed by atoms with Crippen molar-refractivity contribution in [2.24, 2.45) is 5.73 Å². The van der Waals surface area contributed by atoms with Gasteiger partial charge in [-0.05, 0) is 25.0 Å². The zero-order chi connectivity index (χ0) is 13.0. The molecular weight excluding hydrogens is 232 g/mol. The van der Waals surface area contributed by atoms with Crippen LogP contribution in [0.2, 0.25) is 0 Å². The van der Waals surface area contributed by atoms with Crippen LogP contribution in [0.25, 0.3) is 0 Å². The van der Waals surface area contributed by atoms with Crippen molar-refractivity contribution in [3.63, 3.8) is 0 Å². The van der Waals surface area contributed by atoms with Gasteiger partial charge in [0.05, 0.1) is 12.6 Å². The highest BCUT2D eigenvalue weighted by Gasteiger charge is 2.24. The topological polar surface area (TPSA) is 68.7 Å². The van der Waals surface area contributed by atoms with Crippen molar-refractivity contribution in [3.05, 3.63) is 23.7 Å². The normalized spacial score (nSPS) is 20.8. The molecule has 2 heterocycles. The molecule has 1 saturated heterocycles. The SMILES string of the molecule is CCC1CN(C(=O)c2ccc(CN)o2)CCCO1. The molecule has 0 saturated carbocycles. The molecule has 18 heavy (non-hydrogen) atoms. The Morgan fingerprint density at radius 3 is 3.06 bits per heavy atom. The maximum atomic E-state index is 12.3. The molecule has 1 amide bonds. The van der Waals surface area contributed by atoms with Gasteiger partial charge in [0.25, 0.3) is 5.91 Å². The van der Waals surface area contributed by atoms with Gasteiger partial charge in [0.15, 0.2) is 5.76 Å². The second-order valence-electron chi connectivity index (χ2n) is 4.48. The highest BCUT2D eigenvalue weighted by Crippen LogP contribution is 2.14. The van der Waals surface area contributed by atoms with E-state index in [9.17, 15) is 4.79 Å². The quantitative estimate of drug-likeness (QED) is 0.882. The van der Waals surface area contributed by atoms with Crippen LogP contribution in [0.3, 0.4) is 0 Å². The van der Waals surface area contributed by atoms with Crippen LogP contribution in [0.15, 0.2) is 16.5 Å². The van der Waals surface area contributed by atoms with E-state index in [4.69, 9.17) is 14.9 Å². The standard InChI is InChI=1S/C13H20N2O3/c1-2-10-9-15(6-3-7-17-10)13(16)12-5-4-11(8-14)18-12/h4-5,10H,2-3,6-9,14H2,1H3. The van der Waals surface area contributed by atoms with Crippen molar-refractivity contribution in [2.45, 2.75) is 32.4 Å². The number of hydrogen-bond acceptors (Lipinski definition) is 4. The van der Waals surface area contributed by atoms with Gasteiger partial charge < -0.3 is 19.8 Å². The first kappa shape index (κ1) is 13.1. The molecule has 0 bridgehead atoms. The van der Waals surface area contributed by atoms with Crippen molar-refractivity contribution in [2.75, 3.05) is 19.7 Å². The largest absolute Gasteiger partial charge is 0.455 e. The van der Waals surface area contributed by atoms with E-state index in [1.54, 1.807) is 17.0 Å². The molecule has 1 aromatic rings. The molecule has 1 aromatic heterocycles. The van der Waals surface area contributed by atoms with Gasteiger partial charge in [-0.2, -0.15) is 0 Å². The Balaban J connectivity index is 2.06. The minimum atomic E-state index is -0.0707. The minimum Gasteiger partial charge on any atom is -0.455 e. The van der Waals surface area contributed by atoms with Gasteiger partial charge in [0, 0.05) is 19.7 Å². The van der Waals surface area contributed by atoms with Gasteiger partial charge in [0.1, 0.15) is 5.76 Å². The highest BCUT2D eigenvalue weighted by atomic mass is 16.5. The Morgan fingerprint density at radius 2 is 2.39 bits per heavy atom. The van der Waals surface area contributed by atoms with Gasteiger partial charge in [-0.25, -0.2) is 0 Å². The predicted molar refractivity (Wildman–Crippen MR) is 67.2 cm³/mol. The number of nitrogens with zero attached hydrogens (tertiary/aromatic N) is 1. The van der Waals surface area contributed by atoms with Gasteiger partial charge in [0.2, 0.25) is 0 Å². The molecule has 1 aliphatic heterocycles. The molecule has 0 spiro atoms. The first-order chi connectivity index (χ1) is 8.74. The van der Waals surface area contributed by atoms with Crippen LogP contribution in [0.4, 0.5) is 0 Å². The average molecular weight is 252 g/mol. The molecule has 100 valence electrons. The maximum absolute atomic E-state index is 12.3. The van der Waals surface area contributed by atoms with E-state index >= 15 is 0 Å². The summed E-state index contributed by atoms with van der Waals surface area (Å²) in [7, 11) is 0. The summed E-state index contributed by atoms with van der Waals surface area (Å²) in [5.41, 5.74) is 5.47. The zero-order valence-corrected chi connectivity index (χ0v) is 10.7. The molecule has 1 aliphatic rings. The number of carbonyl (C=O) groups excluding carboxylic acids is 1. The Kier molecular flexibility index (Phi) is 4.38. The minimum absolute atomic E-state index is 0.0707. The van der Waals surface area contributed by atoms with Crippen LogP contribution in [0, 0.1) is 0 Å². The monoisotopic (exact) mass is 252 g/mol. The number of furan rings is 1. The Labute approximate surface area is 107 Å². The second-order valence-corrected chi connectivity index (χ2v) is 4.48. The molecule has 0 radical (unpaired) electrons. The first-order valence-electron chi connectivity index (χ1n) is 6.44. The summed E-state index contributed by atoms with van der Waals surface area (Å²) in [4.78, 5) is 14.1. The van der Waals surface area contributed by atoms with Crippen LogP contribution in [0.5, 0.6) is 0 Å². The number of amides is 1. The van der Waals surface area contributed by atoms with E-state index < -0.39 is 0 Å². The smallest absolute Gasteiger partial charge is 0.289 e. The van der Waals surface area contributed by atoms with Crippen molar-refractivity contribution in [1.82, 2.24) is 4.90 Å². The number of hydrogen-bond donors (Lipinski definition) is 1. The Bertz CT molecular complexity index is 403. The van der Waals surface area contributed by atoms with Crippen molar-refractivity contribution in [3.8, 4) is 0 Å². The lowest BCUT2D eigenvalue weighted by Gasteiger charge is -2.22. The number of carbonyl (C=O) groups is 1. The van der Waals surface area contributed by atoms with Crippen molar-refractivity contribution < 1.29 is 13.9 Å². The van der Waals surface area contributed by atoms with E-state index in [0.29, 0.717) is 37.8 Å². The average Bonchev–Trinajstić information content (AvgIpc) is 2.75. The number of ether oxygens (including phenoxy) is 1. The molecule has 2 N–H and O–H groups in total. The molecular formula is C13H20N2O3. The fourth-order valence-electron chi connectivity index (χ4n) is 2.09. The van der Waals surface area contributed by atoms with E-state index in [1.165, 1.54) is 0 Å². The Hall–Kier alpha value is -1.33. The lowest BCUT2D eigenvalue weighted by molar-refractivity contribution is 0.0447. The van der Waals surface area contributed by atoms with E-state index in [-0.39, 0.29) is 12.0 Å². The number of rotatable bonds is 3. The van der Waals surface area contributed by atoms with Gasteiger partial charge in [-0.15, -0.1) is 0 Å². The summed E-state index contributed by atoms with van der Waals surface area (Å²) >= 11 is 0. The predicted octanol–water partition coefficient (Wildman–Crippen LogP) is 1.38. The molecule has 5 heteroatoms. The fourth-order valence-corrected chi connectivity index (χ4v) is 2.09. The lowest BCUT2D eigenvalue weighted by atomic mass is 10.2. The van der Waals surface area contributed by atoms with Crippen LogP contribution < -0.4 is 5.73 Å². The molecule has 1 atom stereocenters. The summed E-state index contributed by atoms with van der Waals surface area (Å²) in [6, 6.07) is 3.44. The molecule has 1 unspecified atom stereocenters. The summed E-state index contributed by atoms with van der Waals surface area (Å²) in [5, 5.41) is 0. The third-order valence-corrected chi connectivity index (χ3v) is 3.17. The van der Waals surface area contributed by atoms with Crippen molar-refractivity contribution >= 4 is 5.91 Å². The fraction of sp³-hybridized carbons (Fsp3) is 0.615. The van der Waals surface area contributed by atoms with Crippen LogP contribution in [0.1, 0.15) is 36.1 Å². The lowest BCUT2D eigenvalue weighted by Crippen LogP contribution is -2.36. The third-order valence-electron chi connectivity index (χ3n) is 3.17. The van der Waals surface area contributed by atoms with Gasteiger partial charge >= 0.3 is 0 Å². The molecule has 0 aliphatic carbocycles. The molecule has 1 fully saturated rings. The van der Waals surface area contributed by atoms with Crippen LogP contribution in [-0.4, -0.2) is 36.6 Å². The molecule has 5 nitrogen and oxygen atoms in total. The van der Waals surface area contributed by atoms with E-state index in [2.05, 4.69) is 6.92 Å². The first-order valence-corrected chi connectivity index (χ1v) is 6.44. The van der Waals surface area contributed by atoms with E-state index in [0.717, 1.165) is 12.8 Å². The highest BCUT2D eigenvalue weighted by molar-refractivity contribution is 5.91. The second kappa shape index (κ2) is 6.02. The summed E-state index contributed by atoms with van der Waals surface area (Å²) in [6.07, 6.45) is 1.91. The Morgan fingerprint density at radius 1 is 1.56 bits per heavy atom. The molecule has 2 rings (SSSR count). The number of nitrogens with two attached hydrogens (primary N) is 1. The van der Waals surface area contributed by atoms with E-state index in [1.807, 2.05) is 0 Å². The molecule has 0 aromatic carbocycles. The van der Waals surface area contributed by atoms with Crippen LogP contribution in [-0.2, 0) is 11.3 Å². The third kappa shape index (κ3) is 2.91. The van der Waals surface area contributed by atoms with Gasteiger partial charge in [-0.3, -0.25) is 4.79 Å². The van der Waals surface area contributed by atoms with Crippen molar-refractivity contribution in [1.29, 1.82) is 0 Å². The van der Waals surface area contributed by atoms with Gasteiger partial charge in [-0.1, -0.05) is 6.92 Å². The maximum Gasteiger partial charge on any atom is 0.289 e. The summed E-state index contributed by atoms with van der Waals surface area (Å²) in [6.45, 7) is 4.45. The summed E-state index contributed by atoms with van der Waals surface area (Å²) in [5.74, 6) is 0.933. The summed E-state index contributed by atoms with van der Waals surface area (Å²) < 4.78 is 11.1. The van der Waals surface area contributed by atoms with Crippen LogP contribution >= 0.6 is 0 Å². The zero-order valence-electron chi connectivity index (χ0n) is 10.7.